The maximum atomic E-state index is 9.85. The number of nitrogens with one attached hydrogen (secondary N) is 1. The van der Waals surface area contributed by atoms with Crippen molar-refractivity contribution in [2.24, 2.45) is 0 Å². The lowest BCUT2D eigenvalue weighted by molar-refractivity contribution is 0.444. The molecule has 3 nitrogen and oxygen atoms in total. The van der Waals surface area contributed by atoms with Gasteiger partial charge in [0.1, 0.15) is 11.5 Å². The number of halogens is 1. The van der Waals surface area contributed by atoms with Crippen LogP contribution in [0.4, 0.5) is 5.69 Å². The third-order valence-corrected chi connectivity index (χ3v) is 4.10. The van der Waals surface area contributed by atoms with E-state index in [0.29, 0.717) is 0 Å². The highest BCUT2D eigenvalue weighted by Crippen LogP contribution is 2.33. The van der Waals surface area contributed by atoms with Crippen LogP contribution in [0.3, 0.4) is 0 Å². The van der Waals surface area contributed by atoms with Crippen LogP contribution in [-0.4, -0.2) is 10.2 Å². The summed E-state index contributed by atoms with van der Waals surface area (Å²) in [6.07, 6.45) is 0. The molecule has 19 heavy (non-hydrogen) atoms. The van der Waals surface area contributed by atoms with Crippen molar-refractivity contribution < 1.29 is 10.2 Å². The van der Waals surface area contributed by atoms with Crippen molar-refractivity contribution in [3.05, 3.63) is 52.0 Å². The molecule has 0 aliphatic rings. The Bertz CT molecular complexity index is 599. The normalized spacial score (nSPS) is 12.2. The van der Waals surface area contributed by atoms with E-state index in [9.17, 15) is 10.2 Å². The molecule has 0 heterocycles. The summed E-state index contributed by atoms with van der Waals surface area (Å²) in [5.74, 6) is 0.147. The summed E-state index contributed by atoms with van der Waals surface area (Å²) in [6.45, 7) is 3.98. The minimum Gasteiger partial charge on any atom is -0.508 e. The molecule has 3 N–H and O–H groups in total. The van der Waals surface area contributed by atoms with E-state index < -0.39 is 0 Å². The molecule has 100 valence electrons. The zero-order valence-corrected chi connectivity index (χ0v) is 12.4. The number of aromatic hydroxyl groups is 2. The summed E-state index contributed by atoms with van der Waals surface area (Å²) in [6, 6.07) is 10.5. The molecule has 1 atom stereocenters. The van der Waals surface area contributed by atoms with E-state index in [1.807, 2.05) is 32.0 Å². The highest BCUT2D eigenvalue weighted by atomic mass is 79.9. The van der Waals surface area contributed by atoms with Crippen molar-refractivity contribution >= 4 is 21.6 Å². The van der Waals surface area contributed by atoms with E-state index in [-0.39, 0.29) is 17.5 Å². The van der Waals surface area contributed by atoms with Crippen LogP contribution in [-0.2, 0) is 0 Å². The van der Waals surface area contributed by atoms with Crippen molar-refractivity contribution in [1.29, 1.82) is 0 Å². The van der Waals surface area contributed by atoms with Crippen molar-refractivity contribution in [3.63, 3.8) is 0 Å². The van der Waals surface area contributed by atoms with E-state index in [1.165, 1.54) is 6.07 Å². The molecule has 0 aliphatic carbocycles. The Kier molecular flexibility index (Phi) is 4.00. The van der Waals surface area contributed by atoms with Crippen LogP contribution < -0.4 is 5.32 Å². The topological polar surface area (TPSA) is 52.5 Å². The van der Waals surface area contributed by atoms with Gasteiger partial charge in [0.25, 0.3) is 0 Å². The van der Waals surface area contributed by atoms with Gasteiger partial charge in [-0.3, -0.25) is 0 Å². The number of benzene rings is 2. The fraction of sp³-hybridized carbons (Fsp3) is 0.200. The molecule has 0 amide bonds. The Morgan fingerprint density at radius 3 is 2.58 bits per heavy atom. The second-order valence-electron chi connectivity index (χ2n) is 4.55. The van der Waals surface area contributed by atoms with Crippen molar-refractivity contribution in [2.75, 3.05) is 5.32 Å². The van der Waals surface area contributed by atoms with Crippen LogP contribution in [0.2, 0.25) is 0 Å². The molecule has 0 fully saturated rings. The first-order valence-electron chi connectivity index (χ1n) is 6.02. The molecular formula is C15H16BrNO2. The molecule has 4 heteroatoms. The minimum atomic E-state index is -0.0706. The molecule has 2 rings (SSSR count). The minimum absolute atomic E-state index is 0.0604. The van der Waals surface area contributed by atoms with E-state index in [0.717, 1.165) is 21.3 Å². The number of aryl methyl sites for hydroxylation is 1. The Morgan fingerprint density at radius 1 is 1.16 bits per heavy atom. The second kappa shape index (κ2) is 5.53. The number of rotatable bonds is 3. The van der Waals surface area contributed by atoms with Crippen molar-refractivity contribution in [2.45, 2.75) is 19.9 Å². The lowest BCUT2D eigenvalue weighted by atomic mass is 10.1. The van der Waals surface area contributed by atoms with Crippen molar-refractivity contribution in [1.82, 2.24) is 0 Å². The third-order valence-electron chi connectivity index (χ3n) is 3.04. The van der Waals surface area contributed by atoms with E-state index >= 15 is 0 Å². The number of phenols is 2. The van der Waals surface area contributed by atoms with Crippen LogP contribution in [0.5, 0.6) is 11.5 Å². The van der Waals surface area contributed by atoms with Gasteiger partial charge in [-0.1, -0.05) is 12.1 Å². The first-order valence-corrected chi connectivity index (χ1v) is 6.82. The predicted octanol–water partition coefficient (Wildman–Crippen LogP) is 4.34. The fourth-order valence-electron chi connectivity index (χ4n) is 1.97. The molecule has 0 saturated heterocycles. The van der Waals surface area contributed by atoms with E-state index in [1.54, 1.807) is 12.1 Å². The van der Waals surface area contributed by atoms with Crippen LogP contribution in [0.1, 0.15) is 24.1 Å². The Balaban J connectivity index is 2.25. The number of hydrogen-bond acceptors (Lipinski definition) is 3. The standard InChI is InChI=1S/C15H16BrNO2/c1-9-4-3-5-13(15(9)16)17-10(2)12-7-6-11(18)8-14(12)19/h3-8,10,17-19H,1-2H3. The molecule has 0 spiro atoms. The van der Waals surface area contributed by atoms with Crippen molar-refractivity contribution in [3.8, 4) is 11.5 Å². The van der Waals surface area contributed by atoms with Gasteiger partial charge in [0, 0.05) is 21.8 Å². The first kappa shape index (κ1) is 13.7. The maximum Gasteiger partial charge on any atom is 0.124 e. The highest BCUT2D eigenvalue weighted by molar-refractivity contribution is 9.10. The van der Waals surface area contributed by atoms with Gasteiger partial charge in [0.15, 0.2) is 0 Å². The van der Waals surface area contributed by atoms with E-state index in [4.69, 9.17) is 0 Å². The van der Waals surface area contributed by atoms with Gasteiger partial charge < -0.3 is 15.5 Å². The summed E-state index contributed by atoms with van der Waals surface area (Å²) in [5, 5.41) is 22.5. The highest BCUT2D eigenvalue weighted by Gasteiger charge is 2.12. The van der Waals surface area contributed by atoms with E-state index in [2.05, 4.69) is 21.2 Å². The summed E-state index contributed by atoms with van der Waals surface area (Å²) < 4.78 is 1.01. The largest absolute Gasteiger partial charge is 0.508 e. The molecule has 1 unspecified atom stereocenters. The van der Waals surface area contributed by atoms with Crippen LogP contribution in [0, 0.1) is 6.92 Å². The summed E-state index contributed by atoms with van der Waals surface area (Å²) in [4.78, 5) is 0. The third kappa shape index (κ3) is 3.01. The van der Waals surface area contributed by atoms with Gasteiger partial charge in [-0.2, -0.15) is 0 Å². The summed E-state index contributed by atoms with van der Waals surface area (Å²) >= 11 is 3.55. The molecular weight excluding hydrogens is 306 g/mol. The van der Waals surface area contributed by atoms with Gasteiger partial charge >= 0.3 is 0 Å². The smallest absolute Gasteiger partial charge is 0.124 e. The zero-order chi connectivity index (χ0) is 14.0. The monoisotopic (exact) mass is 321 g/mol. The number of hydrogen-bond donors (Lipinski definition) is 3. The molecule has 0 bridgehead atoms. The van der Waals surface area contributed by atoms with Gasteiger partial charge in [-0.05, 0) is 53.5 Å². The molecule has 0 saturated carbocycles. The quantitative estimate of drug-likeness (QED) is 0.788. The van der Waals surface area contributed by atoms with Gasteiger partial charge in [-0.15, -0.1) is 0 Å². The number of anilines is 1. The summed E-state index contributed by atoms with van der Waals surface area (Å²) in [7, 11) is 0. The Hall–Kier alpha value is -1.68. The average Bonchev–Trinajstić information content (AvgIpc) is 2.34. The molecule has 0 aromatic heterocycles. The fourth-order valence-corrected chi connectivity index (χ4v) is 2.35. The molecule has 2 aromatic rings. The Morgan fingerprint density at radius 2 is 1.89 bits per heavy atom. The maximum absolute atomic E-state index is 9.85. The predicted molar refractivity (Wildman–Crippen MR) is 80.7 cm³/mol. The Labute approximate surface area is 121 Å². The second-order valence-corrected chi connectivity index (χ2v) is 5.34. The van der Waals surface area contributed by atoms with Crippen LogP contribution in [0.15, 0.2) is 40.9 Å². The lowest BCUT2D eigenvalue weighted by Crippen LogP contribution is -2.07. The molecule has 0 radical (unpaired) electrons. The van der Waals surface area contributed by atoms with Gasteiger partial charge in [-0.25, -0.2) is 0 Å². The van der Waals surface area contributed by atoms with Gasteiger partial charge in [0.2, 0.25) is 0 Å². The zero-order valence-electron chi connectivity index (χ0n) is 10.8. The summed E-state index contributed by atoms with van der Waals surface area (Å²) in [5.41, 5.74) is 2.86. The van der Waals surface area contributed by atoms with Gasteiger partial charge in [0.05, 0.1) is 6.04 Å². The number of phenolic OH excluding ortho intramolecular Hbond substituents is 2. The first-order chi connectivity index (χ1) is 8.99. The lowest BCUT2D eigenvalue weighted by Gasteiger charge is -2.18. The average molecular weight is 322 g/mol. The molecule has 2 aromatic carbocycles. The van der Waals surface area contributed by atoms with Crippen LogP contribution in [0.25, 0.3) is 0 Å². The SMILES string of the molecule is Cc1cccc(NC(C)c2ccc(O)cc2O)c1Br. The van der Waals surface area contributed by atoms with Crippen LogP contribution >= 0.6 is 15.9 Å². The molecule has 0 aliphatic heterocycles.